The number of amides is 2. The molecule has 1 fully saturated rings. The molecule has 1 aromatic heterocycles. The van der Waals surface area contributed by atoms with Gasteiger partial charge in [-0.1, -0.05) is 48.5 Å². The highest BCUT2D eigenvalue weighted by Gasteiger charge is 2.67. The number of esters is 1. The third kappa shape index (κ3) is 4.10. The number of alkyl halides is 3. The van der Waals surface area contributed by atoms with Crippen LogP contribution in [0, 0.1) is 5.92 Å². The summed E-state index contributed by atoms with van der Waals surface area (Å²) in [6.07, 6.45) is -3.94. The quantitative estimate of drug-likeness (QED) is 0.492. The number of para-hydroxylation sites is 1. The minimum absolute atomic E-state index is 0.102. The summed E-state index contributed by atoms with van der Waals surface area (Å²) in [5.41, 5.74) is -2.39. The highest BCUT2D eigenvalue weighted by Crippen LogP contribution is 2.45. The average molecular weight is 474 g/mol. The van der Waals surface area contributed by atoms with Crippen LogP contribution in [0.3, 0.4) is 0 Å². The molecule has 0 unspecified atom stereocenters. The van der Waals surface area contributed by atoms with Gasteiger partial charge in [-0.05, 0) is 19.1 Å². The minimum Gasteiger partial charge on any atom is -0.466 e. The number of nitrogens with one attached hydrogen (secondary N) is 2. The highest BCUT2D eigenvalue weighted by atomic mass is 19.4. The van der Waals surface area contributed by atoms with Crippen molar-refractivity contribution in [2.24, 2.45) is 5.92 Å². The predicted molar refractivity (Wildman–Crippen MR) is 115 cm³/mol. The molecule has 11 heteroatoms. The van der Waals surface area contributed by atoms with Gasteiger partial charge in [0.25, 0.3) is 5.72 Å². The molecule has 178 valence electrons. The van der Waals surface area contributed by atoms with Crippen molar-refractivity contribution in [2.45, 2.75) is 24.9 Å². The third-order valence-electron chi connectivity index (χ3n) is 5.49. The summed E-state index contributed by atoms with van der Waals surface area (Å²) in [7, 11) is 0. The van der Waals surface area contributed by atoms with Gasteiger partial charge in [0.1, 0.15) is 5.92 Å². The topological polar surface area (TPSA) is 105 Å². The maximum Gasteiger partial charge on any atom is 0.437 e. The minimum atomic E-state index is -5.37. The van der Waals surface area contributed by atoms with E-state index in [2.05, 4.69) is 10.4 Å². The first-order valence-electron chi connectivity index (χ1n) is 10.4. The van der Waals surface area contributed by atoms with Crippen LogP contribution in [-0.2, 0) is 9.53 Å². The van der Waals surface area contributed by atoms with Crippen molar-refractivity contribution in [3.8, 4) is 16.9 Å². The Bertz CT molecular complexity index is 1180. The number of nitrogens with zero attached hydrogens (tertiary/aromatic N) is 2. The standard InChI is InChI=1S/C23H21F3N4O4/c1-2-34-20(31)17-19(27-21(32)28-22(17,33)23(24,25)26)16-13-30(15-11-7-4-8-12-15)29-18(16)14-9-5-3-6-10-14/h3-13,17,19,33H,2H2,1H3,(H2,27,28,32)/t17-,19+,22+/m0/s1. The predicted octanol–water partition coefficient (Wildman–Crippen LogP) is 3.32. The molecule has 3 atom stereocenters. The Morgan fingerprint density at radius 3 is 2.35 bits per heavy atom. The van der Waals surface area contributed by atoms with E-state index in [1.54, 1.807) is 60.7 Å². The smallest absolute Gasteiger partial charge is 0.437 e. The maximum atomic E-state index is 14.0. The molecule has 3 N–H and O–H groups in total. The van der Waals surface area contributed by atoms with Crippen molar-refractivity contribution in [3.05, 3.63) is 72.4 Å². The first-order chi connectivity index (χ1) is 16.2. The monoisotopic (exact) mass is 474 g/mol. The molecule has 8 nitrogen and oxygen atoms in total. The molecule has 2 aromatic carbocycles. The van der Waals surface area contributed by atoms with Crippen molar-refractivity contribution >= 4 is 12.0 Å². The number of urea groups is 1. The molecule has 34 heavy (non-hydrogen) atoms. The number of carbonyl (C=O) groups excluding carboxylic acids is 2. The van der Waals surface area contributed by atoms with Crippen LogP contribution >= 0.6 is 0 Å². The van der Waals surface area contributed by atoms with Crippen LogP contribution in [0.15, 0.2) is 66.9 Å². The zero-order valence-electron chi connectivity index (χ0n) is 17.9. The zero-order chi connectivity index (χ0) is 24.5. The lowest BCUT2D eigenvalue weighted by atomic mass is 9.81. The van der Waals surface area contributed by atoms with Gasteiger partial charge in [-0.2, -0.15) is 18.3 Å². The summed E-state index contributed by atoms with van der Waals surface area (Å²) >= 11 is 0. The molecule has 0 aliphatic carbocycles. The van der Waals surface area contributed by atoms with Crippen LogP contribution < -0.4 is 10.6 Å². The summed E-state index contributed by atoms with van der Waals surface area (Å²) in [5, 5.41) is 19.0. The molecule has 1 saturated heterocycles. The number of ether oxygens (including phenoxy) is 1. The largest absolute Gasteiger partial charge is 0.466 e. The molecular formula is C23H21F3N4O4. The van der Waals surface area contributed by atoms with Gasteiger partial charge in [0.15, 0.2) is 0 Å². The molecular weight excluding hydrogens is 453 g/mol. The lowest BCUT2D eigenvalue weighted by Gasteiger charge is -2.44. The van der Waals surface area contributed by atoms with Crippen LogP contribution in [0.2, 0.25) is 0 Å². The number of rotatable bonds is 5. The Morgan fingerprint density at radius 2 is 1.76 bits per heavy atom. The molecule has 0 spiro atoms. The second-order valence-electron chi connectivity index (χ2n) is 7.65. The van der Waals surface area contributed by atoms with Crippen LogP contribution in [0.25, 0.3) is 16.9 Å². The maximum absolute atomic E-state index is 14.0. The third-order valence-corrected chi connectivity index (χ3v) is 5.49. The van der Waals surface area contributed by atoms with E-state index in [4.69, 9.17) is 4.74 Å². The van der Waals surface area contributed by atoms with E-state index in [9.17, 15) is 27.9 Å². The summed E-state index contributed by atoms with van der Waals surface area (Å²) < 4.78 is 48.3. The number of halogens is 3. The molecule has 1 aliphatic rings. The van der Waals surface area contributed by atoms with Gasteiger partial charge in [0.05, 0.1) is 24.0 Å². The first-order valence-corrected chi connectivity index (χ1v) is 10.4. The van der Waals surface area contributed by atoms with Crippen molar-refractivity contribution < 1.29 is 32.6 Å². The van der Waals surface area contributed by atoms with Gasteiger partial charge < -0.3 is 20.5 Å². The van der Waals surface area contributed by atoms with E-state index in [0.29, 0.717) is 11.3 Å². The molecule has 0 bridgehead atoms. The first kappa shape index (κ1) is 23.3. The van der Waals surface area contributed by atoms with Crippen molar-refractivity contribution in [3.63, 3.8) is 0 Å². The van der Waals surface area contributed by atoms with E-state index >= 15 is 0 Å². The SMILES string of the molecule is CCOC(=O)[C@@H]1[C@@H](c2cn(-c3ccccc3)nc2-c2ccccc2)NC(=O)N[C@]1(O)C(F)(F)F. The van der Waals surface area contributed by atoms with Crippen LogP contribution in [-0.4, -0.2) is 45.4 Å². The van der Waals surface area contributed by atoms with Crippen LogP contribution in [0.1, 0.15) is 18.5 Å². The fourth-order valence-electron chi connectivity index (χ4n) is 3.94. The number of benzene rings is 2. The summed E-state index contributed by atoms with van der Waals surface area (Å²) in [6, 6.07) is 14.5. The van der Waals surface area contributed by atoms with E-state index < -0.39 is 35.9 Å². The number of hydrogen-bond acceptors (Lipinski definition) is 5. The van der Waals surface area contributed by atoms with Gasteiger partial charge in [0, 0.05) is 17.3 Å². The molecule has 2 heterocycles. The lowest BCUT2D eigenvalue weighted by Crippen LogP contribution is -2.73. The summed E-state index contributed by atoms with van der Waals surface area (Å²) in [5.74, 6) is -3.58. The Labute approximate surface area is 192 Å². The van der Waals surface area contributed by atoms with Gasteiger partial charge >= 0.3 is 18.2 Å². The number of carbonyl (C=O) groups is 2. The second kappa shape index (κ2) is 8.82. The van der Waals surface area contributed by atoms with E-state index in [-0.39, 0.29) is 17.9 Å². The molecule has 1 aliphatic heterocycles. The number of aliphatic hydroxyl groups is 1. The Hall–Kier alpha value is -3.86. The molecule has 3 aromatic rings. The van der Waals surface area contributed by atoms with Gasteiger partial charge in [-0.15, -0.1) is 0 Å². The van der Waals surface area contributed by atoms with Gasteiger partial charge in [-0.3, -0.25) is 4.79 Å². The van der Waals surface area contributed by atoms with Crippen LogP contribution in [0.5, 0.6) is 0 Å². The Kier molecular flexibility index (Phi) is 6.05. The van der Waals surface area contributed by atoms with Gasteiger partial charge in [-0.25, -0.2) is 9.48 Å². The summed E-state index contributed by atoms with van der Waals surface area (Å²) in [4.78, 5) is 25.1. The molecule has 4 rings (SSSR count). The summed E-state index contributed by atoms with van der Waals surface area (Å²) in [6.45, 7) is 1.20. The molecule has 0 saturated carbocycles. The van der Waals surface area contributed by atoms with E-state index in [1.165, 1.54) is 23.1 Å². The fourth-order valence-corrected chi connectivity index (χ4v) is 3.94. The van der Waals surface area contributed by atoms with Crippen molar-refractivity contribution in [2.75, 3.05) is 6.61 Å². The molecule has 2 amide bonds. The van der Waals surface area contributed by atoms with Crippen molar-refractivity contribution in [1.29, 1.82) is 0 Å². The van der Waals surface area contributed by atoms with E-state index in [0.717, 1.165) is 0 Å². The lowest BCUT2D eigenvalue weighted by molar-refractivity contribution is -0.294. The average Bonchev–Trinajstić information content (AvgIpc) is 3.24. The van der Waals surface area contributed by atoms with Gasteiger partial charge in [0.2, 0.25) is 0 Å². The van der Waals surface area contributed by atoms with E-state index in [1.807, 2.05) is 0 Å². The number of aromatic nitrogens is 2. The van der Waals surface area contributed by atoms with Crippen molar-refractivity contribution in [1.82, 2.24) is 20.4 Å². The highest BCUT2D eigenvalue weighted by molar-refractivity contribution is 5.84. The normalized spacial score (nSPS) is 22.6. The Morgan fingerprint density at radius 1 is 1.15 bits per heavy atom. The van der Waals surface area contributed by atoms with Crippen LogP contribution in [0.4, 0.5) is 18.0 Å². The molecule has 0 radical (unpaired) electrons. The number of hydrogen-bond donors (Lipinski definition) is 3. The Balaban J connectivity index is 1.93. The second-order valence-corrected chi connectivity index (χ2v) is 7.65. The fraction of sp³-hybridized carbons (Fsp3) is 0.261. The zero-order valence-corrected chi connectivity index (χ0v) is 17.9.